The van der Waals surface area contributed by atoms with Crippen molar-refractivity contribution in [2.24, 2.45) is 0 Å². The van der Waals surface area contributed by atoms with E-state index in [0.29, 0.717) is 6.10 Å². The third-order valence-corrected chi connectivity index (χ3v) is 4.10. The molecule has 0 saturated carbocycles. The van der Waals surface area contributed by atoms with Crippen molar-refractivity contribution in [2.75, 3.05) is 0 Å². The third-order valence-electron chi connectivity index (χ3n) is 4.10. The van der Waals surface area contributed by atoms with Gasteiger partial charge in [0, 0.05) is 0 Å². The van der Waals surface area contributed by atoms with Crippen LogP contribution in [0.2, 0.25) is 0 Å². The van der Waals surface area contributed by atoms with Crippen molar-refractivity contribution in [2.45, 2.75) is 84.3 Å². The van der Waals surface area contributed by atoms with E-state index in [1.54, 1.807) is 0 Å². The monoisotopic (exact) mass is 276 g/mol. The highest BCUT2D eigenvalue weighted by atomic mass is 16.6. The molecule has 1 heterocycles. The molecule has 114 valence electrons. The van der Waals surface area contributed by atoms with Crippen LogP contribution >= 0.6 is 0 Å². The summed E-state index contributed by atoms with van der Waals surface area (Å²) in [5.41, 5.74) is 3.17. The van der Waals surface area contributed by atoms with Gasteiger partial charge in [-0.2, -0.15) is 0 Å². The Balaban J connectivity index is 2.11. The molecule has 0 spiro atoms. The summed E-state index contributed by atoms with van der Waals surface area (Å²) in [6.45, 7) is 12.6. The number of hydrogen-bond donors (Lipinski definition) is 0. The lowest BCUT2D eigenvalue weighted by Gasteiger charge is -2.02. The molecule has 20 heavy (non-hydrogen) atoms. The van der Waals surface area contributed by atoms with Gasteiger partial charge in [-0.05, 0) is 72.6 Å². The Bertz CT molecular complexity index is 360. The summed E-state index contributed by atoms with van der Waals surface area (Å²) in [5.74, 6) is 0. The molecule has 1 nitrogen and oxygen atoms in total. The molecule has 1 aliphatic heterocycles. The summed E-state index contributed by atoms with van der Waals surface area (Å²) in [6.07, 6.45) is 15.5. The van der Waals surface area contributed by atoms with E-state index >= 15 is 0 Å². The van der Waals surface area contributed by atoms with E-state index in [9.17, 15) is 0 Å². The lowest BCUT2D eigenvalue weighted by molar-refractivity contribution is 0.320. The summed E-state index contributed by atoms with van der Waals surface area (Å²) in [5, 5.41) is 0. The highest BCUT2D eigenvalue weighted by molar-refractivity contribution is 5.05. The maximum Gasteiger partial charge on any atom is 0.0892 e. The highest BCUT2D eigenvalue weighted by Crippen LogP contribution is 2.38. The number of allylic oxidation sites excluding steroid dienone is 5. The number of ether oxygens (including phenoxy) is 1. The van der Waals surface area contributed by atoms with Crippen molar-refractivity contribution < 1.29 is 4.74 Å². The lowest BCUT2D eigenvalue weighted by Crippen LogP contribution is -2.02. The smallest absolute Gasteiger partial charge is 0.0892 e. The fourth-order valence-electron chi connectivity index (χ4n) is 2.46. The largest absolute Gasteiger partial charge is 0.367 e. The minimum atomic E-state index is 0.144. The molecule has 0 aromatic heterocycles. The first-order chi connectivity index (χ1) is 9.45. The second-order valence-corrected chi connectivity index (χ2v) is 6.61. The van der Waals surface area contributed by atoms with E-state index in [1.807, 2.05) is 6.08 Å². The predicted molar refractivity (Wildman–Crippen MR) is 89.0 cm³/mol. The van der Waals surface area contributed by atoms with E-state index in [-0.39, 0.29) is 5.60 Å². The van der Waals surface area contributed by atoms with Crippen LogP contribution < -0.4 is 0 Å². The third kappa shape index (κ3) is 7.09. The van der Waals surface area contributed by atoms with Crippen LogP contribution in [0.1, 0.15) is 72.6 Å². The van der Waals surface area contributed by atoms with Crippen molar-refractivity contribution in [3.8, 4) is 0 Å². The average Bonchev–Trinajstić information content (AvgIpc) is 3.00. The molecule has 1 fully saturated rings. The first kappa shape index (κ1) is 17.2. The van der Waals surface area contributed by atoms with Crippen molar-refractivity contribution in [3.63, 3.8) is 0 Å². The summed E-state index contributed by atoms with van der Waals surface area (Å²) in [4.78, 5) is 0. The highest BCUT2D eigenvalue weighted by Gasteiger charge is 2.46. The SMILES string of the molecule is C=CCCC/C=C(\C)CC/C=C(\C)CCC1OC1(C)C. The Kier molecular flexibility index (Phi) is 7.29. The van der Waals surface area contributed by atoms with E-state index in [2.05, 4.69) is 46.4 Å². The number of rotatable bonds is 10. The molecule has 1 atom stereocenters. The molecule has 0 aromatic rings. The maximum absolute atomic E-state index is 5.62. The first-order valence-electron chi connectivity index (χ1n) is 8.05. The Labute approximate surface area is 125 Å². The normalized spacial score (nSPS) is 21.9. The molecule has 1 unspecified atom stereocenters. The van der Waals surface area contributed by atoms with Crippen molar-refractivity contribution >= 4 is 0 Å². The number of unbranched alkanes of at least 4 members (excludes halogenated alkanes) is 2. The van der Waals surface area contributed by atoms with E-state index in [0.717, 1.165) is 6.42 Å². The second-order valence-electron chi connectivity index (χ2n) is 6.61. The van der Waals surface area contributed by atoms with E-state index in [4.69, 9.17) is 4.74 Å². The van der Waals surface area contributed by atoms with Gasteiger partial charge in [0.1, 0.15) is 0 Å². The van der Waals surface area contributed by atoms with Crippen LogP contribution in [-0.4, -0.2) is 11.7 Å². The Morgan fingerprint density at radius 2 is 1.65 bits per heavy atom. The molecule has 1 saturated heterocycles. The molecule has 1 aliphatic rings. The quantitative estimate of drug-likeness (QED) is 0.272. The molecule has 0 aliphatic carbocycles. The van der Waals surface area contributed by atoms with E-state index < -0.39 is 0 Å². The average molecular weight is 276 g/mol. The van der Waals surface area contributed by atoms with Crippen LogP contribution in [0, 0.1) is 0 Å². The minimum Gasteiger partial charge on any atom is -0.367 e. The minimum absolute atomic E-state index is 0.144. The molecule has 0 N–H and O–H groups in total. The van der Waals surface area contributed by atoms with Gasteiger partial charge >= 0.3 is 0 Å². The van der Waals surface area contributed by atoms with Gasteiger partial charge in [0.2, 0.25) is 0 Å². The van der Waals surface area contributed by atoms with Crippen LogP contribution in [-0.2, 0) is 4.74 Å². The van der Waals surface area contributed by atoms with Crippen LogP contribution in [0.25, 0.3) is 0 Å². The van der Waals surface area contributed by atoms with Crippen LogP contribution in [0.5, 0.6) is 0 Å². The molecule has 0 aromatic carbocycles. The molecular formula is C19H32O. The Morgan fingerprint density at radius 1 is 1.05 bits per heavy atom. The predicted octanol–water partition coefficient (Wildman–Crippen LogP) is 5.97. The topological polar surface area (TPSA) is 12.5 Å². The Morgan fingerprint density at radius 3 is 2.25 bits per heavy atom. The first-order valence-corrected chi connectivity index (χ1v) is 8.05. The lowest BCUT2D eigenvalue weighted by atomic mass is 10.0. The summed E-state index contributed by atoms with van der Waals surface area (Å²) < 4.78 is 5.62. The summed E-state index contributed by atoms with van der Waals surface area (Å²) >= 11 is 0. The standard InChI is InChI=1S/C19H32O/c1-6-7-8-9-11-16(2)12-10-13-17(3)14-15-18-19(4,5)20-18/h6,11,13,18H,1,7-10,12,14-15H2,2-5H3/b16-11+,17-13+. The van der Waals surface area contributed by atoms with Crippen LogP contribution in [0.4, 0.5) is 0 Å². The molecule has 0 radical (unpaired) electrons. The molecule has 1 heteroatoms. The van der Waals surface area contributed by atoms with Crippen molar-refractivity contribution in [3.05, 3.63) is 36.0 Å². The van der Waals surface area contributed by atoms with Gasteiger partial charge in [-0.25, -0.2) is 0 Å². The van der Waals surface area contributed by atoms with Gasteiger partial charge in [-0.1, -0.05) is 29.4 Å². The fourth-order valence-corrected chi connectivity index (χ4v) is 2.46. The van der Waals surface area contributed by atoms with Gasteiger partial charge < -0.3 is 4.74 Å². The zero-order valence-electron chi connectivity index (χ0n) is 13.9. The van der Waals surface area contributed by atoms with Crippen molar-refractivity contribution in [1.82, 2.24) is 0 Å². The van der Waals surface area contributed by atoms with E-state index in [1.165, 1.54) is 49.7 Å². The number of epoxide rings is 1. The van der Waals surface area contributed by atoms with Crippen LogP contribution in [0.3, 0.4) is 0 Å². The maximum atomic E-state index is 5.62. The van der Waals surface area contributed by atoms with Gasteiger partial charge in [-0.15, -0.1) is 6.58 Å². The van der Waals surface area contributed by atoms with Gasteiger partial charge in [-0.3, -0.25) is 0 Å². The molecule has 0 amide bonds. The Hall–Kier alpha value is -0.820. The summed E-state index contributed by atoms with van der Waals surface area (Å²) in [6, 6.07) is 0. The van der Waals surface area contributed by atoms with Gasteiger partial charge in [0.05, 0.1) is 11.7 Å². The fraction of sp³-hybridized carbons (Fsp3) is 0.684. The molecule has 0 bridgehead atoms. The van der Waals surface area contributed by atoms with Gasteiger partial charge in [0.15, 0.2) is 0 Å². The second kappa shape index (κ2) is 8.46. The van der Waals surface area contributed by atoms with Gasteiger partial charge in [0.25, 0.3) is 0 Å². The van der Waals surface area contributed by atoms with Crippen molar-refractivity contribution in [1.29, 1.82) is 0 Å². The molecular weight excluding hydrogens is 244 g/mol. The summed E-state index contributed by atoms with van der Waals surface area (Å²) in [7, 11) is 0. The molecule has 1 rings (SSSR count). The number of hydrogen-bond acceptors (Lipinski definition) is 1. The zero-order chi connectivity index (χ0) is 15.0. The zero-order valence-corrected chi connectivity index (χ0v) is 13.9. The van der Waals surface area contributed by atoms with Crippen LogP contribution in [0.15, 0.2) is 36.0 Å².